The van der Waals surface area contributed by atoms with E-state index in [1.807, 2.05) is 0 Å². The Hall–Kier alpha value is -0.530. The maximum absolute atomic E-state index is 11.1. The second kappa shape index (κ2) is 3.56. The van der Waals surface area contributed by atoms with Crippen molar-refractivity contribution in [2.75, 3.05) is 6.54 Å². The van der Waals surface area contributed by atoms with Crippen molar-refractivity contribution in [1.29, 1.82) is 0 Å². The predicted molar refractivity (Wildman–Crippen MR) is 56.9 cm³/mol. The number of carbonyl (C=O) groups is 1. The van der Waals surface area contributed by atoms with Gasteiger partial charge in [-0.3, -0.25) is 4.79 Å². The highest BCUT2D eigenvalue weighted by molar-refractivity contribution is 5.78. The van der Waals surface area contributed by atoms with E-state index in [1.54, 1.807) is 0 Å². The van der Waals surface area contributed by atoms with Crippen molar-refractivity contribution in [2.45, 2.75) is 46.0 Å². The Balaban J connectivity index is 1.86. The van der Waals surface area contributed by atoms with Crippen LogP contribution in [0.15, 0.2) is 0 Å². The Bertz CT molecular complexity index is 224. The second-order valence-corrected chi connectivity index (χ2v) is 5.77. The average Bonchev–Trinajstić information content (AvgIpc) is 2.52. The van der Waals surface area contributed by atoms with Gasteiger partial charge in [0.25, 0.3) is 0 Å². The lowest BCUT2D eigenvalue weighted by Crippen LogP contribution is -2.27. The molecule has 0 aromatic rings. The lowest BCUT2D eigenvalue weighted by Gasteiger charge is -2.36. The van der Waals surface area contributed by atoms with Crippen LogP contribution in [0, 0.1) is 17.3 Å². The minimum absolute atomic E-state index is 0.264. The van der Waals surface area contributed by atoms with Gasteiger partial charge in [-0.1, -0.05) is 13.8 Å². The van der Waals surface area contributed by atoms with E-state index < -0.39 is 0 Å². The molecule has 1 heterocycles. The molecule has 2 aliphatic rings. The standard InChI is InChI=1S/C12H21NO/c1-12(2)5-3-9(4-6-12)10-7-11(14)13-8-10/h9-10H,3-8H2,1-2H3,(H,13,14). The molecule has 0 spiro atoms. The third kappa shape index (κ3) is 2.10. The summed E-state index contributed by atoms with van der Waals surface area (Å²) in [5.74, 6) is 1.71. The summed E-state index contributed by atoms with van der Waals surface area (Å²) in [6.07, 6.45) is 6.11. The van der Waals surface area contributed by atoms with Crippen LogP contribution in [-0.4, -0.2) is 12.5 Å². The van der Waals surface area contributed by atoms with E-state index in [1.165, 1.54) is 25.7 Å². The van der Waals surface area contributed by atoms with Crippen molar-refractivity contribution in [3.05, 3.63) is 0 Å². The zero-order valence-electron chi connectivity index (χ0n) is 9.31. The minimum Gasteiger partial charge on any atom is -0.356 e. The van der Waals surface area contributed by atoms with Crippen molar-refractivity contribution in [3.8, 4) is 0 Å². The Morgan fingerprint density at radius 3 is 2.36 bits per heavy atom. The van der Waals surface area contributed by atoms with Gasteiger partial charge >= 0.3 is 0 Å². The van der Waals surface area contributed by atoms with Crippen molar-refractivity contribution in [3.63, 3.8) is 0 Å². The molecule has 1 aliphatic heterocycles. The smallest absolute Gasteiger partial charge is 0.220 e. The average molecular weight is 195 g/mol. The number of hydrogen-bond acceptors (Lipinski definition) is 1. The van der Waals surface area contributed by atoms with Crippen LogP contribution in [0.25, 0.3) is 0 Å². The van der Waals surface area contributed by atoms with E-state index in [0.29, 0.717) is 11.3 Å². The van der Waals surface area contributed by atoms with Crippen LogP contribution in [-0.2, 0) is 4.79 Å². The van der Waals surface area contributed by atoms with Gasteiger partial charge < -0.3 is 5.32 Å². The van der Waals surface area contributed by atoms with Crippen molar-refractivity contribution in [1.82, 2.24) is 5.32 Å². The zero-order valence-corrected chi connectivity index (χ0v) is 9.31. The van der Waals surface area contributed by atoms with Gasteiger partial charge in [0.2, 0.25) is 5.91 Å². The molecule has 2 fully saturated rings. The van der Waals surface area contributed by atoms with E-state index in [9.17, 15) is 4.79 Å². The summed E-state index contributed by atoms with van der Waals surface area (Å²) in [7, 11) is 0. The van der Waals surface area contributed by atoms with Crippen LogP contribution >= 0.6 is 0 Å². The maximum Gasteiger partial charge on any atom is 0.220 e. The van der Waals surface area contributed by atoms with Gasteiger partial charge in [0.1, 0.15) is 0 Å². The highest BCUT2D eigenvalue weighted by atomic mass is 16.1. The normalized spacial score (nSPS) is 33.0. The first-order valence-corrected chi connectivity index (χ1v) is 5.83. The molecule has 2 heteroatoms. The first kappa shape index (κ1) is 10.0. The monoisotopic (exact) mass is 195 g/mol. The molecule has 0 radical (unpaired) electrons. The Labute approximate surface area is 86.5 Å². The first-order valence-electron chi connectivity index (χ1n) is 5.83. The summed E-state index contributed by atoms with van der Waals surface area (Å²) in [5.41, 5.74) is 0.548. The fraction of sp³-hybridized carbons (Fsp3) is 0.917. The summed E-state index contributed by atoms with van der Waals surface area (Å²) < 4.78 is 0. The SMILES string of the molecule is CC1(C)CCC(C2CNC(=O)C2)CC1. The third-order valence-corrected chi connectivity index (χ3v) is 4.06. The molecule has 80 valence electrons. The van der Waals surface area contributed by atoms with E-state index >= 15 is 0 Å². The van der Waals surface area contributed by atoms with E-state index in [2.05, 4.69) is 19.2 Å². The van der Waals surface area contributed by atoms with Gasteiger partial charge in [0.15, 0.2) is 0 Å². The molecular formula is C12H21NO. The predicted octanol–water partition coefficient (Wildman–Crippen LogP) is 2.34. The number of carbonyl (C=O) groups excluding carboxylic acids is 1. The Morgan fingerprint density at radius 1 is 1.21 bits per heavy atom. The quantitative estimate of drug-likeness (QED) is 0.683. The molecule has 1 N–H and O–H groups in total. The minimum atomic E-state index is 0.264. The molecule has 0 bridgehead atoms. The molecule has 1 saturated carbocycles. The van der Waals surface area contributed by atoms with Gasteiger partial charge in [-0.2, -0.15) is 0 Å². The fourth-order valence-electron chi connectivity index (χ4n) is 2.85. The lowest BCUT2D eigenvalue weighted by molar-refractivity contribution is -0.119. The highest BCUT2D eigenvalue weighted by Gasteiger charge is 2.34. The van der Waals surface area contributed by atoms with Crippen molar-refractivity contribution in [2.24, 2.45) is 17.3 Å². The van der Waals surface area contributed by atoms with Gasteiger partial charge in [-0.05, 0) is 42.9 Å². The van der Waals surface area contributed by atoms with Gasteiger partial charge in [-0.25, -0.2) is 0 Å². The van der Waals surface area contributed by atoms with Crippen LogP contribution in [0.2, 0.25) is 0 Å². The molecular weight excluding hydrogens is 174 g/mol. The number of hydrogen-bond donors (Lipinski definition) is 1. The number of nitrogens with one attached hydrogen (secondary N) is 1. The largest absolute Gasteiger partial charge is 0.356 e. The molecule has 1 saturated heterocycles. The summed E-state index contributed by atoms with van der Waals surface area (Å²) in [6.45, 7) is 5.66. The molecule has 2 rings (SSSR count). The van der Waals surface area contributed by atoms with Crippen LogP contribution < -0.4 is 5.32 Å². The molecule has 14 heavy (non-hydrogen) atoms. The van der Waals surface area contributed by atoms with E-state index in [-0.39, 0.29) is 5.91 Å². The summed E-state index contributed by atoms with van der Waals surface area (Å²) in [6, 6.07) is 0. The summed E-state index contributed by atoms with van der Waals surface area (Å²) >= 11 is 0. The lowest BCUT2D eigenvalue weighted by atomic mass is 9.69. The van der Waals surface area contributed by atoms with Crippen LogP contribution in [0.5, 0.6) is 0 Å². The first-order chi connectivity index (χ1) is 6.57. The van der Waals surface area contributed by atoms with Crippen LogP contribution in [0.4, 0.5) is 0 Å². The van der Waals surface area contributed by atoms with E-state index in [0.717, 1.165) is 18.9 Å². The summed E-state index contributed by atoms with van der Waals surface area (Å²) in [4.78, 5) is 11.1. The highest BCUT2D eigenvalue weighted by Crippen LogP contribution is 2.41. The van der Waals surface area contributed by atoms with Crippen LogP contribution in [0.3, 0.4) is 0 Å². The molecule has 2 nitrogen and oxygen atoms in total. The van der Waals surface area contributed by atoms with Gasteiger partial charge in [0, 0.05) is 13.0 Å². The van der Waals surface area contributed by atoms with E-state index in [4.69, 9.17) is 0 Å². The van der Waals surface area contributed by atoms with Crippen LogP contribution in [0.1, 0.15) is 46.0 Å². The summed E-state index contributed by atoms with van der Waals surface area (Å²) in [5, 5.41) is 2.95. The topological polar surface area (TPSA) is 29.1 Å². The Morgan fingerprint density at radius 2 is 1.86 bits per heavy atom. The number of amides is 1. The molecule has 0 aromatic heterocycles. The van der Waals surface area contributed by atoms with Gasteiger partial charge in [-0.15, -0.1) is 0 Å². The second-order valence-electron chi connectivity index (χ2n) is 5.77. The maximum atomic E-state index is 11.1. The molecule has 1 aliphatic carbocycles. The molecule has 0 aromatic carbocycles. The number of rotatable bonds is 1. The zero-order chi connectivity index (χ0) is 10.2. The molecule has 1 atom stereocenters. The van der Waals surface area contributed by atoms with Crippen molar-refractivity contribution >= 4 is 5.91 Å². The van der Waals surface area contributed by atoms with Crippen molar-refractivity contribution < 1.29 is 4.79 Å². The third-order valence-electron chi connectivity index (χ3n) is 4.06. The molecule has 1 amide bonds. The Kier molecular flexibility index (Phi) is 2.54. The fourth-order valence-corrected chi connectivity index (χ4v) is 2.85. The molecule has 1 unspecified atom stereocenters. The van der Waals surface area contributed by atoms with Gasteiger partial charge in [0.05, 0.1) is 0 Å².